The van der Waals surface area contributed by atoms with Gasteiger partial charge in [0.25, 0.3) is 0 Å². The lowest BCUT2D eigenvalue weighted by Gasteiger charge is -2.30. The van der Waals surface area contributed by atoms with Crippen LogP contribution in [-0.4, -0.2) is 31.3 Å². The Hall–Kier alpha value is -1.92. The number of hydrogen-bond acceptors (Lipinski definition) is 4. The molecule has 2 aromatic rings. The first-order valence-electron chi connectivity index (χ1n) is 9.10. The van der Waals surface area contributed by atoms with Crippen molar-refractivity contribution >= 4 is 22.4 Å². The van der Waals surface area contributed by atoms with Crippen molar-refractivity contribution in [2.75, 3.05) is 11.9 Å². The van der Waals surface area contributed by atoms with Crippen LogP contribution in [0.15, 0.2) is 35.7 Å². The number of thiophene rings is 1. The molecule has 0 spiro atoms. The van der Waals surface area contributed by atoms with Gasteiger partial charge >= 0.3 is 6.09 Å². The minimum absolute atomic E-state index is 0.0151. The number of amides is 1. The zero-order valence-corrected chi connectivity index (χ0v) is 15.6. The van der Waals surface area contributed by atoms with E-state index in [0.717, 1.165) is 23.4 Å². The van der Waals surface area contributed by atoms with E-state index in [1.54, 1.807) is 24.1 Å². The van der Waals surface area contributed by atoms with E-state index >= 15 is 0 Å². The molecule has 1 amide bonds. The Morgan fingerprint density at radius 1 is 1.23 bits per heavy atom. The fraction of sp³-hybridized carbons (Fsp3) is 0.450. The maximum atomic E-state index is 14.0. The Morgan fingerprint density at radius 3 is 2.69 bits per heavy atom. The summed E-state index contributed by atoms with van der Waals surface area (Å²) >= 11 is 1.48. The summed E-state index contributed by atoms with van der Waals surface area (Å²) in [5.41, 5.74) is 1.56. The highest BCUT2D eigenvalue weighted by Gasteiger charge is 2.36. The first-order valence-corrected chi connectivity index (χ1v) is 9.98. The lowest BCUT2D eigenvalue weighted by atomic mass is 10.0. The molecule has 2 bridgehead atoms. The van der Waals surface area contributed by atoms with Crippen LogP contribution >= 0.6 is 11.3 Å². The second-order valence-corrected chi connectivity index (χ2v) is 8.09. The zero-order valence-electron chi connectivity index (χ0n) is 14.8. The van der Waals surface area contributed by atoms with Gasteiger partial charge in [-0.05, 0) is 54.3 Å². The van der Waals surface area contributed by atoms with Crippen LogP contribution in [0.25, 0.3) is 0 Å². The maximum Gasteiger partial charge on any atom is 0.414 e. The van der Waals surface area contributed by atoms with Gasteiger partial charge in [0.1, 0.15) is 16.9 Å². The number of ether oxygens (including phenoxy) is 1. The summed E-state index contributed by atoms with van der Waals surface area (Å²) in [7, 11) is 1.73. The average Bonchev–Trinajstić information content (AvgIpc) is 3.22. The minimum atomic E-state index is -0.325. The van der Waals surface area contributed by atoms with Gasteiger partial charge in [0.2, 0.25) is 0 Å². The molecule has 0 saturated carbocycles. The Bertz CT molecular complexity index is 782. The number of fused-ring (bicyclic) bond motifs is 2. The van der Waals surface area contributed by atoms with Gasteiger partial charge < -0.3 is 10.1 Å². The molecule has 0 aliphatic carbocycles. The molecule has 1 aromatic heterocycles. The van der Waals surface area contributed by atoms with Gasteiger partial charge in [0.05, 0.1) is 0 Å². The standard InChI is InChI=1S/C20H23FN2O2S/c1-23(20(24)25-17-11-15-6-7-16(12-17)22-15)19-14(8-9-26-19)10-13-4-2-3-5-18(13)21/h2-5,8-9,15-17,22H,6-7,10-12H2,1H3. The number of nitrogens with one attached hydrogen (secondary N) is 1. The number of carbonyl (C=O) groups excluding carboxylic acids is 1. The Morgan fingerprint density at radius 2 is 1.96 bits per heavy atom. The number of carbonyl (C=O) groups is 1. The largest absolute Gasteiger partial charge is 0.446 e. The second kappa shape index (κ2) is 7.37. The van der Waals surface area contributed by atoms with Gasteiger partial charge in [0, 0.05) is 25.6 Å². The van der Waals surface area contributed by atoms with Crippen LogP contribution < -0.4 is 10.2 Å². The summed E-state index contributed by atoms with van der Waals surface area (Å²) in [6, 6.07) is 9.66. The number of hydrogen-bond donors (Lipinski definition) is 1. The number of rotatable bonds is 4. The highest BCUT2D eigenvalue weighted by atomic mass is 32.1. The molecule has 26 heavy (non-hydrogen) atoms. The monoisotopic (exact) mass is 374 g/mol. The fourth-order valence-corrected chi connectivity index (χ4v) is 4.89. The summed E-state index contributed by atoms with van der Waals surface area (Å²) in [5, 5.41) is 6.30. The summed E-state index contributed by atoms with van der Waals surface area (Å²) in [5.74, 6) is -0.222. The second-order valence-electron chi connectivity index (χ2n) is 7.19. The first-order chi connectivity index (χ1) is 12.6. The van der Waals surface area contributed by atoms with E-state index in [0.29, 0.717) is 24.1 Å². The molecule has 2 saturated heterocycles. The molecule has 2 aliphatic rings. The maximum absolute atomic E-state index is 14.0. The van der Waals surface area contributed by atoms with Gasteiger partial charge in [-0.25, -0.2) is 9.18 Å². The van der Waals surface area contributed by atoms with Crippen molar-refractivity contribution in [2.24, 2.45) is 0 Å². The predicted molar refractivity (Wildman–Crippen MR) is 101 cm³/mol. The van der Waals surface area contributed by atoms with Gasteiger partial charge in [-0.2, -0.15) is 0 Å². The minimum Gasteiger partial charge on any atom is -0.446 e. The summed E-state index contributed by atoms with van der Waals surface area (Å²) in [6.45, 7) is 0. The zero-order chi connectivity index (χ0) is 18.1. The number of nitrogens with zero attached hydrogens (tertiary/aromatic N) is 1. The third-order valence-electron chi connectivity index (χ3n) is 5.34. The first kappa shape index (κ1) is 17.5. The number of halogens is 1. The molecule has 4 nitrogen and oxygen atoms in total. The van der Waals surface area contributed by atoms with E-state index in [1.165, 1.54) is 30.2 Å². The van der Waals surface area contributed by atoms with E-state index in [4.69, 9.17) is 4.74 Å². The molecule has 138 valence electrons. The van der Waals surface area contributed by atoms with Crippen molar-refractivity contribution in [1.82, 2.24) is 5.32 Å². The Labute approximate surface area is 157 Å². The molecule has 4 rings (SSSR count). The van der Waals surface area contributed by atoms with Crippen molar-refractivity contribution in [1.29, 1.82) is 0 Å². The van der Waals surface area contributed by atoms with Crippen molar-refractivity contribution in [3.05, 3.63) is 52.7 Å². The van der Waals surface area contributed by atoms with Crippen LogP contribution in [0, 0.1) is 5.82 Å². The van der Waals surface area contributed by atoms with Gasteiger partial charge in [-0.3, -0.25) is 4.90 Å². The molecule has 2 fully saturated rings. The molecule has 2 unspecified atom stereocenters. The molecule has 2 aliphatic heterocycles. The van der Waals surface area contributed by atoms with Gasteiger partial charge in [-0.1, -0.05) is 18.2 Å². The highest BCUT2D eigenvalue weighted by molar-refractivity contribution is 7.14. The Balaban J connectivity index is 1.43. The van der Waals surface area contributed by atoms with Crippen molar-refractivity contribution < 1.29 is 13.9 Å². The van der Waals surface area contributed by atoms with Crippen molar-refractivity contribution in [3.63, 3.8) is 0 Å². The quantitative estimate of drug-likeness (QED) is 0.866. The van der Waals surface area contributed by atoms with Crippen LogP contribution in [0.1, 0.15) is 36.8 Å². The molecular formula is C20H23FN2O2S. The van der Waals surface area contributed by atoms with Crippen LogP contribution in [0.3, 0.4) is 0 Å². The van der Waals surface area contributed by atoms with Gasteiger partial charge in [0.15, 0.2) is 0 Å². The Kier molecular flexibility index (Phi) is 4.96. The van der Waals surface area contributed by atoms with Crippen LogP contribution in [0.4, 0.5) is 14.2 Å². The summed E-state index contributed by atoms with van der Waals surface area (Å²) in [6.07, 6.45) is 4.25. The smallest absolute Gasteiger partial charge is 0.414 e. The molecule has 1 aromatic carbocycles. The van der Waals surface area contributed by atoms with E-state index in [1.807, 2.05) is 17.5 Å². The van der Waals surface area contributed by atoms with E-state index in [-0.39, 0.29) is 18.0 Å². The summed E-state index contributed by atoms with van der Waals surface area (Å²) < 4.78 is 19.7. The molecule has 6 heteroatoms. The fourth-order valence-electron chi connectivity index (χ4n) is 4.01. The molecule has 1 N–H and O–H groups in total. The third-order valence-corrected chi connectivity index (χ3v) is 6.37. The topological polar surface area (TPSA) is 41.6 Å². The highest BCUT2D eigenvalue weighted by Crippen LogP contribution is 2.32. The van der Waals surface area contributed by atoms with Crippen LogP contribution in [0.2, 0.25) is 0 Å². The predicted octanol–water partition coefficient (Wildman–Crippen LogP) is 4.33. The SMILES string of the molecule is CN(C(=O)OC1CC2CCC(C1)N2)c1sccc1Cc1ccccc1F. The summed E-state index contributed by atoms with van der Waals surface area (Å²) in [4.78, 5) is 14.2. The number of benzene rings is 1. The lowest BCUT2D eigenvalue weighted by molar-refractivity contribution is 0.0731. The van der Waals surface area contributed by atoms with E-state index in [9.17, 15) is 9.18 Å². The number of anilines is 1. The molecule has 2 atom stereocenters. The van der Waals surface area contributed by atoms with Crippen molar-refractivity contribution in [3.8, 4) is 0 Å². The van der Waals surface area contributed by atoms with Gasteiger partial charge in [-0.15, -0.1) is 11.3 Å². The molecular weight excluding hydrogens is 351 g/mol. The average molecular weight is 374 g/mol. The van der Waals surface area contributed by atoms with E-state index < -0.39 is 0 Å². The molecule has 3 heterocycles. The lowest BCUT2D eigenvalue weighted by Crippen LogP contribution is -2.43. The van der Waals surface area contributed by atoms with Crippen LogP contribution in [0.5, 0.6) is 0 Å². The third kappa shape index (κ3) is 3.62. The van der Waals surface area contributed by atoms with Crippen molar-refractivity contribution in [2.45, 2.75) is 50.3 Å². The van der Waals surface area contributed by atoms with E-state index in [2.05, 4.69) is 5.32 Å². The number of piperidine rings is 1. The van der Waals surface area contributed by atoms with Crippen LogP contribution in [-0.2, 0) is 11.2 Å². The normalized spacial score (nSPS) is 24.5. The molecule has 0 radical (unpaired) electrons.